The van der Waals surface area contributed by atoms with Crippen LogP contribution in [0.4, 0.5) is 0 Å². The van der Waals surface area contributed by atoms with E-state index in [-0.39, 0.29) is 0 Å². The number of halogens is 1. The monoisotopic (exact) mass is 293 g/mol. The summed E-state index contributed by atoms with van der Waals surface area (Å²) in [4.78, 5) is 0. The summed E-state index contributed by atoms with van der Waals surface area (Å²) in [5.41, 5.74) is 1.36. The Bertz CT molecular complexity index is 437. The Morgan fingerprint density at radius 1 is 1.10 bits per heavy atom. The maximum Gasteiger partial charge on any atom is 0.122 e. The molecule has 2 nitrogen and oxygen atoms in total. The number of rotatable bonds is 4. The van der Waals surface area contributed by atoms with Gasteiger partial charge >= 0.3 is 0 Å². The van der Waals surface area contributed by atoms with Gasteiger partial charge in [0.2, 0.25) is 0 Å². The van der Waals surface area contributed by atoms with E-state index < -0.39 is 0 Å². The second kappa shape index (κ2) is 6.82. The SMILES string of the molecule is ClC1CCCCC1CNCC1CCOc2ccccc21. The first kappa shape index (κ1) is 14.2. The molecule has 3 unspecified atom stereocenters. The Labute approximate surface area is 126 Å². The van der Waals surface area contributed by atoms with Crippen LogP contribution in [0.15, 0.2) is 24.3 Å². The van der Waals surface area contributed by atoms with Crippen molar-refractivity contribution in [3.05, 3.63) is 29.8 Å². The van der Waals surface area contributed by atoms with Gasteiger partial charge in [0.15, 0.2) is 0 Å². The molecule has 0 aromatic heterocycles. The van der Waals surface area contributed by atoms with Crippen LogP contribution >= 0.6 is 11.6 Å². The summed E-state index contributed by atoms with van der Waals surface area (Å²) >= 11 is 6.43. The Morgan fingerprint density at radius 3 is 2.85 bits per heavy atom. The molecule has 3 rings (SSSR count). The normalized spacial score (nSPS) is 29.6. The van der Waals surface area contributed by atoms with Gasteiger partial charge in [-0.05, 0) is 43.4 Å². The Hall–Kier alpha value is -0.730. The second-order valence-electron chi connectivity index (χ2n) is 6.09. The van der Waals surface area contributed by atoms with Gasteiger partial charge in [0, 0.05) is 17.8 Å². The lowest BCUT2D eigenvalue weighted by atomic mass is 9.88. The van der Waals surface area contributed by atoms with Crippen molar-refractivity contribution in [1.29, 1.82) is 0 Å². The van der Waals surface area contributed by atoms with Crippen molar-refractivity contribution in [1.82, 2.24) is 5.32 Å². The number of ether oxygens (including phenoxy) is 1. The molecule has 0 spiro atoms. The van der Waals surface area contributed by atoms with E-state index in [1.54, 1.807) is 0 Å². The fourth-order valence-electron chi connectivity index (χ4n) is 3.46. The quantitative estimate of drug-likeness (QED) is 0.849. The zero-order valence-electron chi connectivity index (χ0n) is 12.0. The van der Waals surface area contributed by atoms with Crippen molar-refractivity contribution in [3.63, 3.8) is 0 Å². The molecule has 3 heteroatoms. The Balaban J connectivity index is 1.52. The number of para-hydroxylation sites is 1. The van der Waals surface area contributed by atoms with Gasteiger partial charge in [0.05, 0.1) is 6.61 Å². The molecule has 1 aliphatic carbocycles. The third kappa shape index (κ3) is 3.29. The fraction of sp³-hybridized carbons (Fsp3) is 0.647. The maximum atomic E-state index is 6.43. The van der Waals surface area contributed by atoms with Crippen molar-refractivity contribution in [2.45, 2.75) is 43.4 Å². The van der Waals surface area contributed by atoms with Gasteiger partial charge in [0.1, 0.15) is 5.75 Å². The summed E-state index contributed by atoms with van der Waals surface area (Å²) < 4.78 is 5.72. The minimum atomic E-state index is 0.373. The average Bonchev–Trinajstić information content (AvgIpc) is 2.49. The molecule has 3 atom stereocenters. The van der Waals surface area contributed by atoms with E-state index in [0.717, 1.165) is 31.9 Å². The molecule has 2 aliphatic rings. The van der Waals surface area contributed by atoms with Gasteiger partial charge in [-0.1, -0.05) is 31.0 Å². The molecule has 110 valence electrons. The lowest BCUT2D eigenvalue weighted by Gasteiger charge is -2.29. The highest BCUT2D eigenvalue weighted by Crippen LogP contribution is 2.33. The molecular weight excluding hydrogens is 270 g/mol. The largest absolute Gasteiger partial charge is 0.493 e. The van der Waals surface area contributed by atoms with Crippen LogP contribution in [0.2, 0.25) is 0 Å². The number of fused-ring (bicyclic) bond motifs is 1. The van der Waals surface area contributed by atoms with Crippen LogP contribution < -0.4 is 10.1 Å². The minimum absolute atomic E-state index is 0.373. The number of hydrogen-bond acceptors (Lipinski definition) is 2. The van der Waals surface area contributed by atoms with Crippen molar-refractivity contribution in [2.75, 3.05) is 19.7 Å². The molecule has 0 bridgehead atoms. The van der Waals surface area contributed by atoms with Crippen LogP contribution in [0.3, 0.4) is 0 Å². The van der Waals surface area contributed by atoms with E-state index in [9.17, 15) is 0 Å². The van der Waals surface area contributed by atoms with Crippen molar-refractivity contribution in [3.8, 4) is 5.75 Å². The topological polar surface area (TPSA) is 21.3 Å². The van der Waals surface area contributed by atoms with Crippen molar-refractivity contribution < 1.29 is 4.74 Å². The van der Waals surface area contributed by atoms with Crippen LogP contribution in [-0.2, 0) is 0 Å². The zero-order valence-corrected chi connectivity index (χ0v) is 12.7. The Morgan fingerprint density at radius 2 is 1.95 bits per heavy atom. The summed E-state index contributed by atoms with van der Waals surface area (Å²) in [7, 11) is 0. The molecule has 1 N–H and O–H groups in total. The van der Waals surface area contributed by atoms with Gasteiger partial charge in [0.25, 0.3) is 0 Å². The summed E-state index contributed by atoms with van der Waals surface area (Å²) in [5, 5.41) is 4.03. The maximum absolute atomic E-state index is 6.43. The molecule has 1 aliphatic heterocycles. The highest BCUT2D eigenvalue weighted by Gasteiger charge is 2.24. The minimum Gasteiger partial charge on any atom is -0.493 e. The van der Waals surface area contributed by atoms with Gasteiger partial charge in [-0.15, -0.1) is 11.6 Å². The first-order chi connectivity index (χ1) is 9.84. The first-order valence-electron chi connectivity index (χ1n) is 7.91. The molecule has 1 fully saturated rings. The molecule has 1 heterocycles. The number of benzene rings is 1. The standard InChI is InChI=1S/C17H24ClNO/c18-16-7-3-1-5-14(16)12-19-11-13-9-10-20-17-8-4-2-6-15(13)17/h2,4,6,8,13-14,16,19H,1,3,5,7,9-12H2. The molecular formula is C17H24ClNO. The fourth-order valence-corrected chi connectivity index (χ4v) is 3.83. The summed E-state index contributed by atoms with van der Waals surface area (Å²) in [6, 6.07) is 8.44. The molecule has 1 saturated carbocycles. The molecule has 1 aromatic carbocycles. The predicted molar refractivity (Wildman–Crippen MR) is 83.8 cm³/mol. The number of nitrogens with one attached hydrogen (secondary N) is 1. The molecule has 0 radical (unpaired) electrons. The summed E-state index contributed by atoms with van der Waals surface area (Å²) in [5.74, 6) is 2.30. The Kier molecular flexibility index (Phi) is 4.85. The number of hydrogen-bond donors (Lipinski definition) is 1. The van der Waals surface area contributed by atoms with Crippen LogP contribution in [0.25, 0.3) is 0 Å². The van der Waals surface area contributed by atoms with Crippen molar-refractivity contribution >= 4 is 11.6 Å². The average molecular weight is 294 g/mol. The molecule has 0 amide bonds. The number of alkyl halides is 1. The van der Waals surface area contributed by atoms with Gasteiger partial charge in [-0.3, -0.25) is 0 Å². The third-order valence-corrected chi connectivity index (χ3v) is 5.27. The van der Waals surface area contributed by atoms with E-state index in [0.29, 0.717) is 17.2 Å². The van der Waals surface area contributed by atoms with Gasteiger partial charge in [-0.2, -0.15) is 0 Å². The smallest absolute Gasteiger partial charge is 0.122 e. The van der Waals surface area contributed by atoms with Crippen LogP contribution in [0.1, 0.15) is 43.6 Å². The summed E-state index contributed by atoms with van der Waals surface area (Å²) in [6.07, 6.45) is 6.23. The van der Waals surface area contributed by atoms with E-state index in [2.05, 4.69) is 29.6 Å². The van der Waals surface area contributed by atoms with Crippen LogP contribution in [0, 0.1) is 5.92 Å². The van der Waals surface area contributed by atoms with Crippen LogP contribution in [-0.4, -0.2) is 25.1 Å². The highest BCUT2D eigenvalue weighted by molar-refractivity contribution is 6.20. The summed E-state index contributed by atoms with van der Waals surface area (Å²) in [6.45, 7) is 2.94. The first-order valence-corrected chi connectivity index (χ1v) is 8.35. The van der Waals surface area contributed by atoms with Crippen molar-refractivity contribution in [2.24, 2.45) is 5.92 Å². The molecule has 1 aromatic rings. The second-order valence-corrected chi connectivity index (χ2v) is 6.65. The van der Waals surface area contributed by atoms with Crippen LogP contribution in [0.5, 0.6) is 5.75 Å². The van der Waals surface area contributed by atoms with E-state index >= 15 is 0 Å². The van der Waals surface area contributed by atoms with E-state index in [1.165, 1.54) is 31.2 Å². The van der Waals surface area contributed by atoms with E-state index in [1.807, 2.05) is 0 Å². The predicted octanol–water partition coefficient (Wildman–Crippen LogP) is 3.94. The lowest BCUT2D eigenvalue weighted by Crippen LogP contribution is -2.34. The van der Waals surface area contributed by atoms with Gasteiger partial charge < -0.3 is 10.1 Å². The molecule has 0 saturated heterocycles. The zero-order chi connectivity index (χ0) is 13.8. The van der Waals surface area contributed by atoms with Gasteiger partial charge in [-0.25, -0.2) is 0 Å². The molecule has 20 heavy (non-hydrogen) atoms. The highest BCUT2D eigenvalue weighted by atomic mass is 35.5. The third-order valence-electron chi connectivity index (χ3n) is 4.70. The van der Waals surface area contributed by atoms with E-state index in [4.69, 9.17) is 16.3 Å². The lowest BCUT2D eigenvalue weighted by molar-refractivity contribution is 0.261.